The Morgan fingerprint density at radius 3 is 2.57 bits per heavy atom. The van der Waals surface area contributed by atoms with E-state index in [1.54, 1.807) is 6.20 Å². The molecule has 2 heterocycles. The Morgan fingerprint density at radius 1 is 0.821 bits per heavy atom. The minimum absolute atomic E-state index is 0.912. The molecule has 0 atom stereocenters. The van der Waals surface area contributed by atoms with E-state index in [-0.39, 0.29) is 0 Å². The van der Waals surface area contributed by atoms with Gasteiger partial charge in [0.1, 0.15) is 0 Å². The Kier molecular flexibility index (Phi) is 4.26. The first-order valence-electron chi connectivity index (χ1n) is 9.64. The Labute approximate surface area is 165 Å². The second kappa shape index (κ2) is 7.06. The van der Waals surface area contributed by atoms with Gasteiger partial charge < -0.3 is 9.80 Å². The third kappa shape index (κ3) is 3.12. The lowest BCUT2D eigenvalue weighted by Gasteiger charge is -2.25. The van der Waals surface area contributed by atoms with E-state index in [1.165, 1.54) is 27.7 Å². The van der Waals surface area contributed by atoms with E-state index in [2.05, 4.69) is 87.7 Å². The van der Waals surface area contributed by atoms with Gasteiger partial charge in [0.25, 0.3) is 0 Å². The van der Waals surface area contributed by atoms with Crippen LogP contribution in [0.15, 0.2) is 79.0 Å². The van der Waals surface area contributed by atoms with E-state index in [4.69, 9.17) is 0 Å². The van der Waals surface area contributed by atoms with Gasteiger partial charge >= 0.3 is 0 Å². The number of rotatable bonds is 2. The molecule has 0 saturated carbocycles. The average Bonchev–Trinajstić information content (AvgIpc) is 2.91. The first kappa shape index (κ1) is 16.9. The second-order valence-electron chi connectivity index (χ2n) is 7.37. The Hall–Kier alpha value is -3.24. The SMILES string of the molecule is CN1CCN(c2ccc3ccccc3c2)c2ccc(-c3cccnn3)cc2C1. The van der Waals surface area contributed by atoms with Gasteiger partial charge in [-0.3, -0.25) is 0 Å². The highest BCUT2D eigenvalue weighted by Crippen LogP contribution is 2.35. The molecule has 1 aromatic heterocycles. The van der Waals surface area contributed by atoms with E-state index >= 15 is 0 Å². The van der Waals surface area contributed by atoms with Crippen LogP contribution in [0.2, 0.25) is 0 Å². The second-order valence-corrected chi connectivity index (χ2v) is 7.37. The highest BCUT2D eigenvalue weighted by atomic mass is 15.2. The number of benzene rings is 3. The van der Waals surface area contributed by atoms with E-state index in [0.29, 0.717) is 0 Å². The molecule has 0 unspecified atom stereocenters. The fourth-order valence-corrected chi connectivity index (χ4v) is 3.96. The standard InChI is InChI=1S/C24H22N4/c1-27-13-14-28(22-10-8-18-5-2-3-6-19(18)16-22)24-11-9-20(15-21(24)17-27)23-7-4-12-25-26-23/h2-12,15-16H,13-14,17H2,1H3. The number of nitrogens with zero attached hydrogens (tertiary/aromatic N) is 4. The normalized spacial score (nSPS) is 14.7. The van der Waals surface area contributed by atoms with Crippen LogP contribution in [-0.2, 0) is 6.54 Å². The predicted molar refractivity (Wildman–Crippen MR) is 115 cm³/mol. The summed E-state index contributed by atoms with van der Waals surface area (Å²) in [7, 11) is 2.18. The van der Waals surface area contributed by atoms with Crippen molar-refractivity contribution in [3.05, 3.63) is 84.6 Å². The van der Waals surface area contributed by atoms with Crippen LogP contribution >= 0.6 is 0 Å². The molecular formula is C24H22N4. The zero-order valence-corrected chi connectivity index (χ0v) is 15.9. The van der Waals surface area contributed by atoms with Crippen LogP contribution in [0.25, 0.3) is 22.0 Å². The highest BCUT2D eigenvalue weighted by molar-refractivity contribution is 5.87. The number of fused-ring (bicyclic) bond motifs is 2. The molecule has 0 aliphatic carbocycles. The molecule has 4 aromatic rings. The van der Waals surface area contributed by atoms with Crippen LogP contribution in [-0.4, -0.2) is 35.2 Å². The van der Waals surface area contributed by atoms with Crippen LogP contribution in [0.1, 0.15) is 5.56 Å². The minimum atomic E-state index is 0.912. The van der Waals surface area contributed by atoms with Crippen molar-refractivity contribution in [3.8, 4) is 11.3 Å². The number of hydrogen-bond donors (Lipinski definition) is 0. The van der Waals surface area contributed by atoms with Crippen molar-refractivity contribution < 1.29 is 0 Å². The molecule has 0 bridgehead atoms. The molecule has 1 aliphatic heterocycles. The summed E-state index contributed by atoms with van der Waals surface area (Å²) in [5.74, 6) is 0. The van der Waals surface area contributed by atoms with Gasteiger partial charge in [-0.15, -0.1) is 0 Å². The summed E-state index contributed by atoms with van der Waals surface area (Å²) in [6.07, 6.45) is 1.71. The number of anilines is 2. The lowest BCUT2D eigenvalue weighted by molar-refractivity contribution is 0.343. The van der Waals surface area contributed by atoms with Crippen molar-refractivity contribution in [2.24, 2.45) is 0 Å². The summed E-state index contributed by atoms with van der Waals surface area (Å²) in [5.41, 5.74) is 5.85. The number of aromatic nitrogens is 2. The quantitative estimate of drug-likeness (QED) is 0.506. The first-order chi connectivity index (χ1) is 13.8. The molecule has 28 heavy (non-hydrogen) atoms. The summed E-state index contributed by atoms with van der Waals surface area (Å²) >= 11 is 0. The Morgan fingerprint density at radius 2 is 1.71 bits per heavy atom. The van der Waals surface area contributed by atoms with Crippen LogP contribution in [0.5, 0.6) is 0 Å². The third-order valence-corrected chi connectivity index (χ3v) is 5.43. The summed E-state index contributed by atoms with van der Waals surface area (Å²) in [6.45, 7) is 2.90. The molecule has 0 N–H and O–H groups in total. The topological polar surface area (TPSA) is 32.3 Å². The molecule has 3 aromatic carbocycles. The Balaban J connectivity index is 1.60. The largest absolute Gasteiger partial charge is 0.340 e. The molecule has 1 aliphatic rings. The van der Waals surface area contributed by atoms with Gasteiger partial charge in [0.2, 0.25) is 0 Å². The summed E-state index contributed by atoms with van der Waals surface area (Å²) in [6, 6.07) is 25.9. The first-order valence-corrected chi connectivity index (χ1v) is 9.64. The number of likely N-dealkylation sites (N-methyl/N-ethyl adjacent to an activating group) is 1. The average molecular weight is 366 g/mol. The fourth-order valence-electron chi connectivity index (χ4n) is 3.96. The lowest BCUT2D eigenvalue weighted by atomic mass is 10.0. The van der Waals surface area contributed by atoms with Crippen molar-refractivity contribution in [2.75, 3.05) is 25.0 Å². The van der Waals surface area contributed by atoms with E-state index in [9.17, 15) is 0 Å². The van der Waals surface area contributed by atoms with Gasteiger partial charge in [0.05, 0.1) is 5.69 Å². The van der Waals surface area contributed by atoms with Gasteiger partial charge in [-0.25, -0.2) is 0 Å². The molecule has 5 rings (SSSR count). The summed E-state index contributed by atoms with van der Waals surface area (Å²) in [5, 5.41) is 10.8. The van der Waals surface area contributed by atoms with Crippen molar-refractivity contribution >= 4 is 22.1 Å². The maximum Gasteiger partial charge on any atom is 0.0929 e. The van der Waals surface area contributed by atoms with Crippen LogP contribution in [0.3, 0.4) is 0 Å². The number of hydrogen-bond acceptors (Lipinski definition) is 4. The van der Waals surface area contributed by atoms with Crippen LogP contribution in [0, 0.1) is 0 Å². The third-order valence-electron chi connectivity index (χ3n) is 5.43. The molecule has 0 radical (unpaired) electrons. The maximum absolute atomic E-state index is 4.27. The summed E-state index contributed by atoms with van der Waals surface area (Å²) < 4.78 is 0. The maximum atomic E-state index is 4.27. The zero-order chi connectivity index (χ0) is 18.9. The Bertz CT molecular complexity index is 1120. The molecule has 0 amide bonds. The molecule has 4 nitrogen and oxygen atoms in total. The van der Waals surface area contributed by atoms with Crippen molar-refractivity contribution in [1.82, 2.24) is 15.1 Å². The molecule has 0 saturated heterocycles. The van der Waals surface area contributed by atoms with E-state index in [1.807, 2.05) is 12.1 Å². The minimum Gasteiger partial charge on any atom is -0.340 e. The van der Waals surface area contributed by atoms with E-state index in [0.717, 1.165) is 30.9 Å². The molecular weight excluding hydrogens is 344 g/mol. The highest BCUT2D eigenvalue weighted by Gasteiger charge is 2.20. The van der Waals surface area contributed by atoms with Gasteiger partial charge in [-0.1, -0.05) is 36.4 Å². The predicted octanol–water partition coefficient (Wildman–Crippen LogP) is 4.88. The van der Waals surface area contributed by atoms with E-state index < -0.39 is 0 Å². The lowest BCUT2D eigenvalue weighted by Crippen LogP contribution is -2.26. The van der Waals surface area contributed by atoms with Crippen molar-refractivity contribution in [3.63, 3.8) is 0 Å². The fraction of sp³-hybridized carbons (Fsp3) is 0.167. The van der Waals surface area contributed by atoms with Gasteiger partial charge in [0, 0.05) is 42.8 Å². The molecule has 0 spiro atoms. The van der Waals surface area contributed by atoms with Gasteiger partial charge in [-0.2, -0.15) is 10.2 Å². The molecule has 138 valence electrons. The van der Waals surface area contributed by atoms with Crippen molar-refractivity contribution in [1.29, 1.82) is 0 Å². The van der Waals surface area contributed by atoms with Crippen molar-refractivity contribution in [2.45, 2.75) is 6.54 Å². The van der Waals surface area contributed by atoms with Crippen LogP contribution < -0.4 is 4.90 Å². The summed E-state index contributed by atoms with van der Waals surface area (Å²) in [4.78, 5) is 4.81. The monoisotopic (exact) mass is 366 g/mol. The zero-order valence-electron chi connectivity index (χ0n) is 15.9. The molecule has 4 heteroatoms. The molecule has 0 fully saturated rings. The van der Waals surface area contributed by atoms with Gasteiger partial charge in [-0.05, 0) is 59.8 Å². The van der Waals surface area contributed by atoms with Crippen LogP contribution in [0.4, 0.5) is 11.4 Å². The van der Waals surface area contributed by atoms with Gasteiger partial charge in [0.15, 0.2) is 0 Å². The smallest absolute Gasteiger partial charge is 0.0929 e.